The van der Waals surface area contributed by atoms with E-state index in [0.29, 0.717) is 13.1 Å². The fraction of sp³-hybridized carbons (Fsp3) is 0.500. The Labute approximate surface area is 102 Å². The minimum atomic E-state index is -3.33. The predicted octanol–water partition coefficient (Wildman–Crippen LogP) is 0.198. The van der Waals surface area contributed by atoms with E-state index in [9.17, 15) is 8.42 Å². The Bertz CT molecular complexity index is 459. The van der Waals surface area contributed by atoms with E-state index in [2.05, 4.69) is 15.0 Å². The lowest BCUT2D eigenvalue weighted by molar-refractivity contribution is 0.507. The van der Waals surface area contributed by atoms with Gasteiger partial charge < -0.3 is 5.32 Å². The normalized spacial score (nSPS) is 11.8. The maximum atomic E-state index is 11.4. The number of nitrogens with zero attached hydrogens (tertiary/aromatic N) is 2. The molecule has 0 fully saturated rings. The third-order valence-corrected chi connectivity index (χ3v) is 3.76. The van der Waals surface area contributed by atoms with Crippen LogP contribution in [0.15, 0.2) is 18.5 Å². The van der Waals surface area contributed by atoms with E-state index in [1.54, 1.807) is 12.4 Å². The zero-order chi connectivity index (χ0) is 12.9. The van der Waals surface area contributed by atoms with Gasteiger partial charge in [-0.3, -0.25) is 4.98 Å². The summed E-state index contributed by atoms with van der Waals surface area (Å²) >= 11 is 0. The number of hydrogen-bond acceptors (Lipinski definition) is 4. The van der Waals surface area contributed by atoms with Crippen LogP contribution in [0.4, 0.5) is 5.69 Å². The van der Waals surface area contributed by atoms with Gasteiger partial charge in [-0.15, -0.1) is 0 Å². The van der Waals surface area contributed by atoms with Crippen LogP contribution < -0.4 is 10.0 Å². The van der Waals surface area contributed by atoms with Crippen LogP contribution in [0.25, 0.3) is 0 Å². The van der Waals surface area contributed by atoms with Crippen LogP contribution in [0.2, 0.25) is 0 Å². The molecule has 0 bridgehead atoms. The van der Waals surface area contributed by atoms with Gasteiger partial charge in [0.25, 0.3) is 10.2 Å². The largest absolute Gasteiger partial charge is 0.383 e. The maximum Gasteiger partial charge on any atom is 0.278 e. The standard InChI is InChI=1S/C10H18N4O2S/c1-9-8-11-5-4-10(9)12-6-7-13-17(15,16)14(2)3/h4-5,8,13H,6-7H2,1-3H3,(H,11,12). The summed E-state index contributed by atoms with van der Waals surface area (Å²) in [5.41, 5.74) is 1.99. The lowest BCUT2D eigenvalue weighted by Gasteiger charge is -2.13. The number of aryl methyl sites for hydroxylation is 1. The number of aromatic nitrogens is 1. The summed E-state index contributed by atoms with van der Waals surface area (Å²) < 4.78 is 26.4. The quantitative estimate of drug-likeness (QED) is 0.715. The number of anilines is 1. The molecule has 0 atom stereocenters. The summed E-state index contributed by atoms with van der Waals surface area (Å²) in [6.45, 7) is 2.81. The van der Waals surface area contributed by atoms with Crippen molar-refractivity contribution in [2.45, 2.75) is 6.92 Å². The summed E-state index contributed by atoms with van der Waals surface area (Å²) in [7, 11) is -0.354. The molecule has 6 nitrogen and oxygen atoms in total. The smallest absolute Gasteiger partial charge is 0.278 e. The van der Waals surface area contributed by atoms with Crippen LogP contribution >= 0.6 is 0 Å². The van der Waals surface area contributed by atoms with Crippen molar-refractivity contribution in [2.75, 3.05) is 32.5 Å². The minimum Gasteiger partial charge on any atom is -0.383 e. The van der Waals surface area contributed by atoms with E-state index in [1.807, 2.05) is 13.0 Å². The third-order valence-electron chi connectivity index (χ3n) is 2.23. The first-order valence-electron chi connectivity index (χ1n) is 5.25. The number of hydrogen-bond donors (Lipinski definition) is 2. The Morgan fingerprint density at radius 3 is 2.65 bits per heavy atom. The Morgan fingerprint density at radius 1 is 1.35 bits per heavy atom. The predicted molar refractivity (Wildman–Crippen MR) is 68.1 cm³/mol. The molecule has 1 heterocycles. The highest BCUT2D eigenvalue weighted by Crippen LogP contribution is 2.10. The first-order valence-corrected chi connectivity index (χ1v) is 6.69. The second-order valence-corrected chi connectivity index (χ2v) is 5.77. The Balaban J connectivity index is 2.38. The van der Waals surface area contributed by atoms with Crippen LogP contribution in [0.5, 0.6) is 0 Å². The molecule has 96 valence electrons. The molecule has 0 aliphatic heterocycles. The van der Waals surface area contributed by atoms with Crippen molar-refractivity contribution in [1.29, 1.82) is 0 Å². The second-order valence-electron chi connectivity index (χ2n) is 3.80. The van der Waals surface area contributed by atoms with Gasteiger partial charge in [0, 0.05) is 45.3 Å². The fourth-order valence-corrected chi connectivity index (χ4v) is 1.80. The molecule has 0 aliphatic rings. The van der Waals surface area contributed by atoms with Crippen LogP contribution in [0, 0.1) is 6.92 Å². The van der Waals surface area contributed by atoms with E-state index in [4.69, 9.17) is 0 Å². The molecule has 2 N–H and O–H groups in total. The third kappa shape index (κ3) is 4.29. The molecule has 0 spiro atoms. The highest BCUT2D eigenvalue weighted by Gasteiger charge is 2.11. The Kier molecular flexibility index (Phi) is 4.86. The lowest BCUT2D eigenvalue weighted by Crippen LogP contribution is -2.38. The van der Waals surface area contributed by atoms with Crippen LogP contribution in [-0.4, -0.2) is 44.9 Å². The molecule has 0 saturated carbocycles. The van der Waals surface area contributed by atoms with Gasteiger partial charge >= 0.3 is 0 Å². The highest BCUT2D eigenvalue weighted by atomic mass is 32.2. The molecule has 0 radical (unpaired) electrons. The van der Waals surface area contributed by atoms with Gasteiger partial charge in [-0.25, -0.2) is 4.72 Å². The molecule has 0 unspecified atom stereocenters. The van der Waals surface area contributed by atoms with Crippen molar-refractivity contribution in [3.05, 3.63) is 24.0 Å². The van der Waals surface area contributed by atoms with Gasteiger partial charge in [0.1, 0.15) is 0 Å². The molecule has 0 saturated heterocycles. The van der Waals surface area contributed by atoms with E-state index in [0.717, 1.165) is 15.6 Å². The Hall–Kier alpha value is -1.18. The molecule has 7 heteroatoms. The van der Waals surface area contributed by atoms with Crippen LogP contribution in [-0.2, 0) is 10.2 Å². The SMILES string of the molecule is Cc1cnccc1NCCNS(=O)(=O)N(C)C. The number of rotatable bonds is 6. The molecule has 0 aliphatic carbocycles. The molecule has 1 aromatic rings. The summed E-state index contributed by atoms with van der Waals surface area (Å²) in [4.78, 5) is 3.98. The van der Waals surface area contributed by atoms with Crippen molar-refractivity contribution in [2.24, 2.45) is 0 Å². The van der Waals surface area contributed by atoms with Gasteiger partial charge in [0.2, 0.25) is 0 Å². The molecular formula is C10H18N4O2S. The first-order chi connectivity index (χ1) is 7.93. The second kappa shape index (κ2) is 5.95. The summed E-state index contributed by atoms with van der Waals surface area (Å²) in [5.74, 6) is 0. The van der Waals surface area contributed by atoms with Gasteiger partial charge in [0.05, 0.1) is 0 Å². The highest BCUT2D eigenvalue weighted by molar-refractivity contribution is 7.87. The summed E-state index contributed by atoms with van der Waals surface area (Å²) in [6.07, 6.45) is 3.45. The molecule has 1 aromatic heterocycles. The van der Waals surface area contributed by atoms with E-state index in [-0.39, 0.29) is 0 Å². The molecule has 0 amide bonds. The van der Waals surface area contributed by atoms with Gasteiger partial charge in [-0.1, -0.05) is 0 Å². The molecular weight excluding hydrogens is 240 g/mol. The fourth-order valence-electron chi connectivity index (χ4n) is 1.18. The topological polar surface area (TPSA) is 74.3 Å². The molecule has 1 rings (SSSR count). The van der Waals surface area contributed by atoms with Crippen molar-refractivity contribution < 1.29 is 8.42 Å². The first kappa shape index (κ1) is 13.9. The van der Waals surface area contributed by atoms with Crippen molar-refractivity contribution in [3.63, 3.8) is 0 Å². The van der Waals surface area contributed by atoms with E-state index in [1.165, 1.54) is 14.1 Å². The monoisotopic (exact) mass is 258 g/mol. The molecule has 0 aromatic carbocycles. The molecule has 17 heavy (non-hydrogen) atoms. The van der Waals surface area contributed by atoms with Crippen LogP contribution in [0.3, 0.4) is 0 Å². The minimum absolute atomic E-state index is 0.336. The van der Waals surface area contributed by atoms with Crippen LogP contribution in [0.1, 0.15) is 5.56 Å². The maximum absolute atomic E-state index is 11.4. The summed E-state index contributed by atoms with van der Waals surface area (Å²) in [5, 5.41) is 3.14. The van der Waals surface area contributed by atoms with Gasteiger partial charge in [0.15, 0.2) is 0 Å². The van der Waals surface area contributed by atoms with Crippen molar-refractivity contribution >= 4 is 15.9 Å². The number of pyridine rings is 1. The van der Waals surface area contributed by atoms with Gasteiger partial charge in [-0.2, -0.15) is 12.7 Å². The van der Waals surface area contributed by atoms with Crippen molar-refractivity contribution in [3.8, 4) is 0 Å². The number of nitrogens with one attached hydrogen (secondary N) is 2. The average Bonchev–Trinajstić information content (AvgIpc) is 2.26. The van der Waals surface area contributed by atoms with E-state index >= 15 is 0 Å². The zero-order valence-corrected chi connectivity index (χ0v) is 11.1. The Morgan fingerprint density at radius 2 is 2.06 bits per heavy atom. The summed E-state index contributed by atoms with van der Waals surface area (Å²) in [6, 6.07) is 1.86. The zero-order valence-electron chi connectivity index (χ0n) is 10.3. The van der Waals surface area contributed by atoms with E-state index < -0.39 is 10.2 Å². The average molecular weight is 258 g/mol. The van der Waals surface area contributed by atoms with Crippen molar-refractivity contribution in [1.82, 2.24) is 14.0 Å². The van der Waals surface area contributed by atoms with Gasteiger partial charge in [-0.05, 0) is 18.6 Å². The lowest BCUT2D eigenvalue weighted by atomic mass is 10.2.